The number of anilines is 3. The zero-order valence-electron chi connectivity index (χ0n) is 29.9. The minimum absolute atomic E-state index is 1.10. The molecule has 0 aliphatic carbocycles. The van der Waals surface area contributed by atoms with Crippen LogP contribution in [0.5, 0.6) is 0 Å². The monoisotopic (exact) mass is 718 g/mol. The van der Waals surface area contributed by atoms with Crippen molar-refractivity contribution in [3.05, 3.63) is 206 Å². The SMILES string of the molecule is c1ccc(N(c2ccc(-c3ccc4ccccc4c3)cc2)c2ccc(-n3c4ccccc4c4ccccc43)cc2)c(-c2cccc3sc4ccccc4c23)c1. The second kappa shape index (κ2) is 12.9. The van der Waals surface area contributed by atoms with Gasteiger partial charge in [-0.05, 0) is 100 Å². The van der Waals surface area contributed by atoms with Gasteiger partial charge < -0.3 is 9.47 Å². The quantitative estimate of drug-likeness (QED) is 0.166. The van der Waals surface area contributed by atoms with Gasteiger partial charge in [0.15, 0.2) is 0 Å². The van der Waals surface area contributed by atoms with Gasteiger partial charge in [0.25, 0.3) is 0 Å². The van der Waals surface area contributed by atoms with E-state index in [1.165, 1.54) is 75.0 Å². The summed E-state index contributed by atoms with van der Waals surface area (Å²) in [4.78, 5) is 2.42. The van der Waals surface area contributed by atoms with Crippen molar-refractivity contribution in [1.82, 2.24) is 4.57 Å². The average Bonchev–Trinajstić information content (AvgIpc) is 3.81. The number of fused-ring (bicyclic) bond motifs is 7. The summed E-state index contributed by atoms with van der Waals surface area (Å²) in [6.45, 7) is 0. The standard InChI is InChI=1S/C52H34N2S/c1-2-13-37-34-38(25-24-35(37)12-1)36-26-28-39(29-27-36)53(40-30-32-41(33-31-40)54-48-20-8-3-14-42(48)43-15-4-9-21-49(43)54)47-19-7-5-16-44(47)45-18-11-23-51-52(45)46-17-6-10-22-50(46)55-51/h1-34H. The summed E-state index contributed by atoms with van der Waals surface area (Å²) in [6, 6.07) is 75.2. The molecule has 0 aliphatic rings. The lowest BCUT2D eigenvalue weighted by Gasteiger charge is -2.28. The molecule has 0 fully saturated rings. The molecule has 0 atom stereocenters. The van der Waals surface area contributed by atoms with E-state index in [0.717, 1.165) is 22.7 Å². The van der Waals surface area contributed by atoms with Crippen molar-refractivity contribution in [3.8, 4) is 27.9 Å². The molecule has 11 aromatic rings. The first-order chi connectivity index (χ1) is 27.3. The molecule has 0 amide bonds. The number of aromatic nitrogens is 1. The third-order valence-electron chi connectivity index (χ3n) is 11.0. The summed E-state index contributed by atoms with van der Waals surface area (Å²) in [7, 11) is 0. The Morgan fingerprint density at radius 3 is 1.71 bits per heavy atom. The Labute approximate surface area is 323 Å². The fourth-order valence-electron chi connectivity index (χ4n) is 8.45. The fourth-order valence-corrected chi connectivity index (χ4v) is 9.58. The van der Waals surface area contributed by atoms with Crippen molar-refractivity contribution in [2.45, 2.75) is 0 Å². The van der Waals surface area contributed by atoms with Gasteiger partial charge >= 0.3 is 0 Å². The lowest BCUT2D eigenvalue weighted by molar-refractivity contribution is 1.17. The van der Waals surface area contributed by atoms with Gasteiger partial charge in [0.05, 0.1) is 16.7 Å². The van der Waals surface area contributed by atoms with Crippen LogP contribution in [0.25, 0.3) is 80.7 Å². The molecule has 0 radical (unpaired) electrons. The third kappa shape index (κ3) is 5.24. The minimum atomic E-state index is 1.10. The molecule has 11 rings (SSSR count). The van der Waals surface area contributed by atoms with Crippen LogP contribution >= 0.6 is 11.3 Å². The molecule has 0 saturated heterocycles. The number of rotatable bonds is 6. The van der Waals surface area contributed by atoms with E-state index in [0.29, 0.717) is 0 Å². The van der Waals surface area contributed by atoms with E-state index in [4.69, 9.17) is 0 Å². The average molecular weight is 719 g/mol. The molecule has 0 unspecified atom stereocenters. The predicted octanol–water partition coefficient (Wildman–Crippen LogP) is 15.1. The molecule has 0 spiro atoms. The molecule has 258 valence electrons. The molecule has 0 bridgehead atoms. The first-order valence-corrected chi connectivity index (χ1v) is 19.6. The Morgan fingerprint density at radius 1 is 0.382 bits per heavy atom. The van der Waals surface area contributed by atoms with Crippen molar-refractivity contribution in [2.24, 2.45) is 0 Å². The molecule has 3 heteroatoms. The van der Waals surface area contributed by atoms with E-state index < -0.39 is 0 Å². The highest BCUT2D eigenvalue weighted by Crippen LogP contribution is 2.46. The van der Waals surface area contributed by atoms with Gasteiger partial charge in [0, 0.05) is 53.6 Å². The molecule has 0 aliphatic heterocycles. The number of benzene rings is 9. The van der Waals surface area contributed by atoms with Crippen molar-refractivity contribution < 1.29 is 0 Å². The Hall–Kier alpha value is -6.94. The van der Waals surface area contributed by atoms with Crippen LogP contribution in [0.2, 0.25) is 0 Å². The first-order valence-electron chi connectivity index (χ1n) is 18.8. The van der Waals surface area contributed by atoms with E-state index in [9.17, 15) is 0 Å². The second-order valence-electron chi connectivity index (χ2n) is 14.1. The molecule has 2 aromatic heterocycles. The van der Waals surface area contributed by atoms with Crippen LogP contribution in [0.1, 0.15) is 0 Å². The minimum Gasteiger partial charge on any atom is -0.310 e. The van der Waals surface area contributed by atoms with Crippen LogP contribution in [0.4, 0.5) is 17.1 Å². The normalized spacial score (nSPS) is 11.6. The van der Waals surface area contributed by atoms with E-state index in [2.05, 4.69) is 216 Å². The maximum absolute atomic E-state index is 2.42. The molecule has 9 aromatic carbocycles. The van der Waals surface area contributed by atoms with E-state index in [1.807, 2.05) is 11.3 Å². The topological polar surface area (TPSA) is 8.17 Å². The number of nitrogens with zero attached hydrogens (tertiary/aromatic N) is 2. The largest absolute Gasteiger partial charge is 0.310 e. The highest BCUT2D eigenvalue weighted by Gasteiger charge is 2.20. The van der Waals surface area contributed by atoms with Crippen molar-refractivity contribution in [3.63, 3.8) is 0 Å². The van der Waals surface area contributed by atoms with Gasteiger partial charge in [-0.1, -0.05) is 133 Å². The highest BCUT2D eigenvalue weighted by atomic mass is 32.1. The van der Waals surface area contributed by atoms with Crippen LogP contribution in [0.3, 0.4) is 0 Å². The number of para-hydroxylation sites is 3. The molecule has 2 heterocycles. The Bertz CT molecular complexity index is 3150. The van der Waals surface area contributed by atoms with E-state index in [-0.39, 0.29) is 0 Å². The maximum Gasteiger partial charge on any atom is 0.0541 e. The summed E-state index contributed by atoms with van der Waals surface area (Å²) in [5.74, 6) is 0. The summed E-state index contributed by atoms with van der Waals surface area (Å²) in [5.41, 5.74) is 11.7. The predicted molar refractivity (Wildman–Crippen MR) is 237 cm³/mol. The Morgan fingerprint density at radius 2 is 0.945 bits per heavy atom. The van der Waals surface area contributed by atoms with Gasteiger partial charge in [-0.2, -0.15) is 0 Å². The van der Waals surface area contributed by atoms with E-state index in [1.54, 1.807) is 0 Å². The second-order valence-corrected chi connectivity index (χ2v) is 15.2. The summed E-state index contributed by atoms with van der Waals surface area (Å²) in [5, 5.41) is 7.64. The van der Waals surface area contributed by atoms with Crippen molar-refractivity contribution >= 4 is 81.1 Å². The Balaban J connectivity index is 1.09. The van der Waals surface area contributed by atoms with Gasteiger partial charge in [-0.15, -0.1) is 11.3 Å². The van der Waals surface area contributed by atoms with E-state index >= 15 is 0 Å². The molecular weight excluding hydrogens is 685 g/mol. The fraction of sp³-hybridized carbons (Fsp3) is 0. The van der Waals surface area contributed by atoms with Gasteiger partial charge in [-0.3, -0.25) is 0 Å². The van der Waals surface area contributed by atoms with Crippen LogP contribution < -0.4 is 4.90 Å². The smallest absolute Gasteiger partial charge is 0.0541 e. The summed E-state index contributed by atoms with van der Waals surface area (Å²) < 4.78 is 4.99. The van der Waals surface area contributed by atoms with Gasteiger partial charge in [0.2, 0.25) is 0 Å². The first kappa shape index (κ1) is 31.6. The van der Waals surface area contributed by atoms with Gasteiger partial charge in [0.1, 0.15) is 0 Å². The van der Waals surface area contributed by atoms with Crippen molar-refractivity contribution in [1.29, 1.82) is 0 Å². The number of hydrogen-bond acceptors (Lipinski definition) is 2. The molecule has 0 saturated carbocycles. The Kier molecular flexibility index (Phi) is 7.39. The number of thiophene rings is 1. The third-order valence-corrected chi connectivity index (χ3v) is 12.1. The van der Waals surface area contributed by atoms with Crippen molar-refractivity contribution in [2.75, 3.05) is 4.90 Å². The zero-order valence-corrected chi connectivity index (χ0v) is 30.7. The zero-order chi connectivity index (χ0) is 36.3. The van der Waals surface area contributed by atoms with Gasteiger partial charge in [-0.25, -0.2) is 0 Å². The molecular formula is C52H34N2S. The highest BCUT2D eigenvalue weighted by molar-refractivity contribution is 7.25. The van der Waals surface area contributed by atoms with Crippen LogP contribution in [-0.4, -0.2) is 4.57 Å². The lowest BCUT2D eigenvalue weighted by Crippen LogP contribution is -2.11. The lowest BCUT2D eigenvalue weighted by atomic mass is 9.96. The summed E-state index contributed by atoms with van der Waals surface area (Å²) in [6.07, 6.45) is 0. The molecule has 2 nitrogen and oxygen atoms in total. The number of hydrogen-bond donors (Lipinski definition) is 0. The molecule has 55 heavy (non-hydrogen) atoms. The van der Waals surface area contributed by atoms with Crippen LogP contribution in [-0.2, 0) is 0 Å². The maximum atomic E-state index is 2.42. The molecule has 0 N–H and O–H groups in total. The van der Waals surface area contributed by atoms with Crippen LogP contribution in [0.15, 0.2) is 206 Å². The van der Waals surface area contributed by atoms with Crippen LogP contribution in [0, 0.1) is 0 Å². The summed E-state index contributed by atoms with van der Waals surface area (Å²) >= 11 is 1.86.